The molecule has 6 atom stereocenters. The molecule has 1 saturated heterocycles. The van der Waals surface area contributed by atoms with Crippen LogP contribution in [0.2, 0.25) is 0 Å². The molecule has 4 bridgehead atoms. The van der Waals surface area contributed by atoms with Gasteiger partial charge in [0, 0.05) is 42.0 Å². The summed E-state index contributed by atoms with van der Waals surface area (Å²) in [6.07, 6.45) is 4.42. The number of rotatable bonds is 8. The molecule has 2 aromatic carbocycles. The van der Waals surface area contributed by atoms with Gasteiger partial charge in [0.1, 0.15) is 11.7 Å². The van der Waals surface area contributed by atoms with E-state index < -0.39 is 11.6 Å². The van der Waals surface area contributed by atoms with Crippen molar-refractivity contribution in [3.05, 3.63) is 59.2 Å². The second-order valence-electron chi connectivity index (χ2n) is 11.7. The molecule has 196 valence electrons. The third-order valence-electron chi connectivity index (χ3n) is 10.6. The van der Waals surface area contributed by atoms with Gasteiger partial charge in [0.15, 0.2) is 11.5 Å². The number of ether oxygens (including phenoxy) is 4. The predicted octanol–water partition coefficient (Wildman–Crippen LogP) is 3.81. The lowest BCUT2D eigenvalue weighted by Gasteiger charge is -2.73. The molecule has 2 unspecified atom stereocenters. The molecule has 2 heterocycles. The van der Waals surface area contributed by atoms with E-state index in [1.165, 1.54) is 11.1 Å². The zero-order chi connectivity index (χ0) is 25.4. The van der Waals surface area contributed by atoms with E-state index in [0.717, 1.165) is 55.7 Å². The average Bonchev–Trinajstić information content (AvgIpc) is 3.27. The first-order valence-electron chi connectivity index (χ1n) is 13.5. The van der Waals surface area contributed by atoms with Crippen LogP contribution in [-0.2, 0) is 32.7 Å². The predicted molar refractivity (Wildman–Crippen MR) is 136 cm³/mol. The van der Waals surface area contributed by atoms with E-state index in [1.807, 2.05) is 31.4 Å². The first-order chi connectivity index (χ1) is 18.0. The summed E-state index contributed by atoms with van der Waals surface area (Å²) >= 11 is 0. The number of nitrogens with zero attached hydrogens (tertiary/aromatic N) is 1. The van der Waals surface area contributed by atoms with Crippen molar-refractivity contribution in [2.24, 2.45) is 11.3 Å². The van der Waals surface area contributed by atoms with Crippen LogP contribution in [0.25, 0.3) is 0 Å². The summed E-state index contributed by atoms with van der Waals surface area (Å²) in [4.78, 5) is 14.1. The highest BCUT2D eigenvalue weighted by Crippen LogP contribution is 2.76. The minimum absolute atomic E-state index is 0.0803. The van der Waals surface area contributed by atoms with Crippen LogP contribution < -0.4 is 9.47 Å². The van der Waals surface area contributed by atoms with Crippen LogP contribution in [0.4, 0.5) is 0 Å². The van der Waals surface area contributed by atoms with Gasteiger partial charge in [-0.05, 0) is 49.3 Å². The molecule has 1 N–H and O–H groups in total. The quantitative estimate of drug-likeness (QED) is 0.585. The molecule has 6 aliphatic rings. The summed E-state index contributed by atoms with van der Waals surface area (Å²) in [6.45, 7) is 1.99. The van der Waals surface area contributed by atoms with Crippen LogP contribution >= 0.6 is 0 Å². The molecule has 0 amide bonds. The van der Waals surface area contributed by atoms with E-state index >= 15 is 0 Å². The fraction of sp³-hybridized carbons (Fsp3) is 0.567. The zero-order valence-electron chi connectivity index (χ0n) is 21.6. The smallest absolute Gasteiger partial charge is 0.317 e. The number of hydrogen-bond acceptors (Lipinski definition) is 6. The van der Waals surface area contributed by atoms with E-state index in [4.69, 9.17) is 18.9 Å². The van der Waals surface area contributed by atoms with Crippen LogP contribution in [-0.4, -0.2) is 67.6 Å². The Hall–Kier alpha value is -2.61. The Kier molecular flexibility index (Phi) is 5.20. The van der Waals surface area contributed by atoms with Crippen molar-refractivity contribution in [2.75, 3.05) is 33.9 Å². The average molecular weight is 506 g/mol. The molecule has 7 heteroatoms. The monoisotopic (exact) mass is 505 g/mol. The summed E-state index contributed by atoms with van der Waals surface area (Å²) in [6, 6.07) is 14.6. The third-order valence-corrected chi connectivity index (χ3v) is 10.6. The SMILES string of the molecule is COc1ccc2c3c1O[C@@H]1C34CCN(CC(=O)O)C(C2)[C@]42CC[C@@]1(OC)[C@@H](COCc1ccccc1)C2. The minimum Gasteiger partial charge on any atom is -0.493 e. The van der Waals surface area contributed by atoms with Crippen LogP contribution in [0, 0.1) is 11.3 Å². The molecule has 3 saturated carbocycles. The first kappa shape index (κ1) is 23.5. The first-order valence-corrected chi connectivity index (χ1v) is 13.5. The van der Waals surface area contributed by atoms with Gasteiger partial charge in [-0.3, -0.25) is 9.69 Å². The highest BCUT2D eigenvalue weighted by atomic mass is 16.6. The van der Waals surface area contributed by atoms with Gasteiger partial charge in [0.2, 0.25) is 0 Å². The Bertz CT molecular complexity index is 1230. The Labute approximate surface area is 217 Å². The number of carboxylic acids is 1. The number of benzene rings is 2. The van der Waals surface area contributed by atoms with E-state index in [-0.39, 0.29) is 35.4 Å². The van der Waals surface area contributed by atoms with Crippen molar-refractivity contribution in [1.29, 1.82) is 0 Å². The maximum atomic E-state index is 11.9. The summed E-state index contributed by atoms with van der Waals surface area (Å²) in [5.41, 5.74) is 3.00. The molecule has 2 aliphatic heterocycles. The molecule has 2 aromatic rings. The van der Waals surface area contributed by atoms with Crippen LogP contribution in [0.3, 0.4) is 0 Å². The zero-order valence-corrected chi connectivity index (χ0v) is 21.6. The Morgan fingerprint density at radius 3 is 2.73 bits per heavy atom. The number of fused-ring (bicyclic) bond motifs is 2. The van der Waals surface area contributed by atoms with E-state index in [0.29, 0.717) is 13.2 Å². The number of hydrogen-bond donors (Lipinski definition) is 1. The van der Waals surface area contributed by atoms with Crippen LogP contribution in [0.5, 0.6) is 11.5 Å². The van der Waals surface area contributed by atoms with Gasteiger partial charge in [0.25, 0.3) is 0 Å². The standard InChI is InChI=1S/C30H35NO6/c1-34-22-9-8-20-14-23-28-10-11-30(35-2,21(15-28)18-36-17-19-6-4-3-5-7-19)27-29(28,25(20)26(22)37-27)12-13-31(23)16-24(32)33/h3-9,21,23,27H,10-18H2,1-2H3,(H,32,33)/t21-,23?,27-,28-,29?,30-/m1/s1. The molecule has 4 aliphatic carbocycles. The Balaban J connectivity index is 1.33. The fourth-order valence-corrected chi connectivity index (χ4v) is 9.30. The van der Waals surface area contributed by atoms with Crippen molar-refractivity contribution in [2.45, 2.75) is 61.9 Å². The molecular weight excluding hydrogens is 470 g/mol. The molecule has 2 spiro atoms. The van der Waals surface area contributed by atoms with Gasteiger partial charge in [-0.1, -0.05) is 36.4 Å². The molecule has 4 fully saturated rings. The second-order valence-corrected chi connectivity index (χ2v) is 11.7. The van der Waals surface area contributed by atoms with Crippen LogP contribution in [0.1, 0.15) is 42.4 Å². The summed E-state index contributed by atoms with van der Waals surface area (Å²) in [7, 11) is 3.54. The van der Waals surface area contributed by atoms with Crippen molar-refractivity contribution in [3.8, 4) is 11.5 Å². The number of aliphatic carboxylic acids is 1. The summed E-state index contributed by atoms with van der Waals surface area (Å²) in [5, 5.41) is 9.78. The Morgan fingerprint density at radius 1 is 1.14 bits per heavy atom. The van der Waals surface area contributed by atoms with Gasteiger partial charge in [-0.25, -0.2) is 0 Å². The lowest BCUT2D eigenvalue weighted by Crippen LogP contribution is -2.81. The number of carbonyl (C=O) groups is 1. The van der Waals surface area contributed by atoms with E-state index in [1.54, 1.807) is 7.11 Å². The number of carboxylic acid groups (broad SMARTS) is 1. The fourth-order valence-electron chi connectivity index (χ4n) is 9.30. The van der Waals surface area contributed by atoms with Crippen molar-refractivity contribution in [1.82, 2.24) is 4.90 Å². The highest BCUT2D eigenvalue weighted by Gasteiger charge is 2.80. The van der Waals surface area contributed by atoms with Gasteiger partial charge < -0.3 is 24.1 Å². The van der Waals surface area contributed by atoms with Gasteiger partial charge in [-0.15, -0.1) is 0 Å². The van der Waals surface area contributed by atoms with E-state index in [9.17, 15) is 9.90 Å². The second kappa shape index (κ2) is 8.19. The van der Waals surface area contributed by atoms with Crippen molar-refractivity contribution < 1.29 is 28.8 Å². The third kappa shape index (κ3) is 2.91. The highest BCUT2D eigenvalue weighted by molar-refractivity contribution is 5.70. The van der Waals surface area contributed by atoms with Gasteiger partial charge in [-0.2, -0.15) is 0 Å². The molecule has 0 aromatic heterocycles. The molecule has 37 heavy (non-hydrogen) atoms. The topological polar surface area (TPSA) is 77.5 Å². The summed E-state index contributed by atoms with van der Waals surface area (Å²) < 4.78 is 25.7. The molecule has 7 nitrogen and oxygen atoms in total. The van der Waals surface area contributed by atoms with Crippen molar-refractivity contribution >= 4 is 5.97 Å². The largest absolute Gasteiger partial charge is 0.493 e. The van der Waals surface area contributed by atoms with Gasteiger partial charge >= 0.3 is 5.97 Å². The Morgan fingerprint density at radius 2 is 1.97 bits per heavy atom. The lowest BCUT2D eigenvalue weighted by molar-refractivity contribution is -0.283. The maximum absolute atomic E-state index is 11.9. The van der Waals surface area contributed by atoms with E-state index in [2.05, 4.69) is 23.1 Å². The molecule has 8 rings (SSSR count). The normalized spacial score (nSPS) is 36.6. The van der Waals surface area contributed by atoms with Gasteiger partial charge in [0.05, 0.1) is 26.9 Å². The number of methoxy groups -OCH3 is 2. The minimum atomic E-state index is -0.756. The lowest BCUT2D eigenvalue weighted by atomic mass is 9.35. The summed E-state index contributed by atoms with van der Waals surface area (Å²) in [5.74, 6) is 1.07. The maximum Gasteiger partial charge on any atom is 0.317 e. The van der Waals surface area contributed by atoms with Crippen molar-refractivity contribution in [3.63, 3.8) is 0 Å². The molecular formula is C30H35NO6. The molecule has 0 radical (unpaired) electrons. The number of likely N-dealkylation sites (tertiary alicyclic amines) is 1. The van der Waals surface area contributed by atoms with Crippen LogP contribution in [0.15, 0.2) is 42.5 Å². The number of piperidine rings is 1.